The second kappa shape index (κ2) is 6.74. The second-order valence-electron chi connectivity index (χ2n) is 5.78. The summed E-state index contributed by atoms with van der Waals surface area (Å²) in [6.07, 6.45) is 2.59. The molecular formula is C15H21N3O4. The minimum absolute atomic E-state index is 0.0108. The molecule has 0 aliphatic heterocycles. The molecule has 1 fully saturated rings. The van der Waals surface area contributed by atoms with Crippen molar-refractivity contribution >= 4 is 17.3 Å². The predicted molar refractivity (Wildman–Crippen MR) is 83.1 cm³/mol. The number of carbonyl (C=O) groups excluding carboxylic acids is 1. The first-order valence-corrected chi connectivity index (χ1v) is 7.31. The summed E-state index contributed by atoms with van der Waals surface area (Å²) in [4.78, 5) is 24.7. The molecule has 0 heterocycles. The van der Waals surface area contributed by atoms with E-state index in [0.717, 1.165) is 12.8 Å². The summed E-state index contributed by atoms with van der Waals surface area (Å²) < 4.78 is 0. The molecule has 120 valence electrons. The molecule has 22 heavy (non-hydrogen) atoms. The number of nitrogens with zero attached hydrogens (tertiary/aromatic N) is 2. The van der Waals surface area contributed by atoms with Gasteiger partial charge in [-0.2, -0.15) is 0 Å². The molecule has 0 aromatic heterocycles. The van der Waals surface area contributed by atoms with Crippen LogP contribution in [0, 0.1) is 16.0 Å². The summed E-state index contributed by atoms with van der Waals surface area (Å²) in [6.45, 7) is 0.0108. The van der Waals surface area contributed by atoms with Crippen LogP contribution in [0.2, 0.25) is 0 Å². The number of anilines is 1. The Morgan fingerprint density at radius 1 is 1.50 bits per heavy atom. The Labute approximate surface area is 129 Å². The van der Waals surface area contributed by atoms with Crippen molar-refractivity contribution in [2.75, 3.05) is 25.6 Å². The van der Waals surface area contributed by atoms with E-state index in [0.29, 0.717) is 18.0 Å². The molecule has 0 bridgehead atoms. The highest BCUT2D eigenvalue weighted by Gasteiger charge is 2.32. The number of amides is 1. The maximum atomic E-state index is 12.5. The van der Waals surface area contributed by atoms with Crippen molar-refractivity contribution in [3.8, 4) is 0 Å². The fourth-order valence-corrected chi connectivity index (χ4v) is 2.52. The van der Waals surface area contributed by atoms with Crippen LogP contribution in [-0.2, 0) is 0 Å². The van der Waals surface area contributed by atoms with Crippen molar-refractivity contribution in [1.29, 1.82) is 0 Å². The summed E-state index contributed by atoms with van der Waals surface area (Å²) >= 11 is 0. The Morgan fingerprint density at radius 3 is 2.68 bits per heavy atom. The Bertz CT molecular complexity index is 570. The average molecular weight is 307 g/mol. The lowest BCUT2D eigenvalue weighted by molar-refractivity contribution is -0.384. The number of nitrogens with one attached hydrogen (secondary N) is 1. The third kappa shape index (κ3) is 3.73. The SMILES string of the molecule is CN(C)c1ccc([N+](=O)[O-])cc1C(=O)NC(CCO)C1CC1. The molecule has 1 amide bonds. The van der Waals surface area contributed by atoms with Crippen molar-refractivity contribution in [1.82, 2.24) is 5.32 Å². The van der Waals surface area contributed by atoms with Crippen LogP contribution in [0.15, 0.2) is 18.2 Å². The molecule has 7 nitrogen and oxygen atoms in total. The van der Waals surface area contributed by atoms with Gasteiger partial charge in [-0.3, -0.25) is 14.9 Å². The maximum absolute atomic E-state index is 12.5. The van der Waals surface area contributed by atoms with E-state index in [9.17, 15) is 14.9 Å². The van der Waals surface area contributed by atoms with Crippen molar-refractivity contribution < 1.29 is 14.8 Å². The highest BCUT2D eigenvalue weighted by Crippen LogP contribution is 2.34. The van der Waals surface area contributed by atoms with E-state index in [4.69, 9.17) is 5.11 Å². The first-order valence-electron chi connectivity index (χ1n) is 7.31. The van der Waals surface area contributed by atoms with Crippen molar-refractivity contribution in [2.45, 2.75) is 25.3 Å². The zero-order valence-electron chi connectivity index (χ0n) is 12.8. The molecule has 1 aromatic rings. The van der Waals surface area contributed by atoms with Crippen LogP contribution >= 0.6 is 0 Å². The van der Waals surface area contributed by atoms with Gasteiger partial charge >= 0.3 is 0 Å². The van der Waals surface area contributed by atoms with Crippen LogP contribution in [0.4, 0.5) is 11.4 Å². The number of nitro benzene ring substituents is 1. The molecule has 1 saturated carbocycles. The van der Waals surface area contributed by atoms with Crippen molar-refractivity contribution in [3.63, 3.8) is 0 Å². The van der Waals surface area contributed by atoms with Crippen LogP contribution < -0.4 is 10.2 Å². The summed E-state index contributed by atoms with van der Waals surface area (Å²) in [5.41, 5.74) is 0.797. The number of aliphatic hydroxyl groups is 1. The van der Waals surface area contributed by atoms with Gasteiger partial charge in [-0.1, -0.05) is 0 Å². The normalized spacial score (nSPS) is 15.2. The summed E-state index contributed by atoms with van der Waals surface area (Å²) in [5.74, 6) is 0.0651. The highest BCUT2D eigenvalue weighted by molar-refractivity contribution is 6.00. The molecule has 2 N–H and O–H groups in total. The molecular weight excluding hydrogens is 286 g/mol. The highest BCUT2D eigenvalue weighted by atomic mass is 16.6. The molecule has 2 rings (SSSR count). The number of hydrogen-bond acceptors (Lipinski definition) is 5. The summed E-state index contributed by atoms with van der Waals surface area (Å²) in [7, 11) is 3.56. The van der Waals surface area contributed by atoms with E-state index in [2.05, 4.69) is 5.32 Å². The minimum Gasteiger partial charge on any atom is -0.396 e. The van der Waals surface area contributed by atoms with E-state index >= 15 is 0 Å². The zero-order valence-corrected chi connectivity index (χ0v) is 12.8. The fourth-order valence-electron chi connectivity index (χ4n) is 2.52. The van der Waals surface area contributed by atoms with Gasteiger partial charge in [-0.25, -0.2) is 0 Å². The zero-order chi connectivity index (χ0) is 16.3. The maximum Gasteiger partial charge on any atom is 0.270 e. The van der Waals surface area contributed by atoms with Gasteiger partial charge in [-0.15, -0.1) is 0 Å². The second-order valence-corrected chi connectivity index (χ2v) is 5.78. The number of non-ortho nitro benzene ring substituents is 1. The molecule has 0 spiro atoms. The van der Waals surface area contributed by atoms with Crippen LogP contribution in [0.1, 0.15) is 29.6 Å². The molecule has 1 aromatic carbocycles. The fraction of sp³-hybridized carbons (Fsp3) is 0.533. The number of carbonyl (C=O) groups is 1. The molecule has 0 radical (unpaired) electrons. The Morgan fingerprint density at radius 2 is 2.18 bits per heavy atom. The summed E-state index contributed by atoms with van der Waals surface area (Å²) in [5, 5.41) is 22.9. The van der Waals surface area contributed by atoms with Gasteiger partial charge < -0.3 is 15.3 Å². The van der Waals surface area contributed by atoms with E-state index in [1.807, 2.05) is 0 Å². The van der Waals surface area contributed by atoms with E-state index < -0.39 is 4.92 Å². The van der Waals surface area contributed by atoms with Crippen molar-refractivity contribution in [3.05, 3.63) is 33.9 Å². The first kappa shape index (κ1) is 16.2. The van der Waals surface area contributed by atoms with Gasteiger partial charge in [-0.05, 0) is 31.2 Å². The van der Waals surface area contributed by atoms with Gasteiger partial charge in [0.1, 0.15) is 0 Å². The number of hydrogen-bond donors (Lipinski definition) is 2. The van der Waals surface area contributed by atoms with Gasteiger partial charge in [0.2, 0.25) is 0 Å². The van der Waals surface area contributed by atoms with E-state index in [1.165, 1.54) is 12.1 Å². The van der Waals surface area contributed by atoms with E-state index in [1.54, 1.807) is 25.1 Å². The molecule has 1 aliphatic rings. The number of rotatable bonds is 7. The predicted octanol–water partition coefficient (Wildman–Crippen LogP) is 1.55. The molecule has 1 atom stereocenters. The van der Waals surface area contributed by atoms with Gasteiger partial charge in [0.05, 0.1) is 10.5 Å². The Hall–Kier alpha value is -2.15. The van der Waals surface area contributed by atoms with Gasteiger partial charge in [0, 0.05) is 44.6 Å². The van der Waals surface area contributed by atoms with Gasteiger partial charge in [0.15, 0.2) is 0 Å². The first-order chi connectivity index (χ1) is 10.4. The smallest absolute Gasteiger partial charge is 0.270 e. The number of aliphatic hydroxyl groups excluding tert-OH is 1. The summed E-state index contributed by atoms with van der Waals surface area (Å²) in [6, 6.07) is 4.18. The molecule has 0 saturated heterocycles. The van der Waals surface area contributed by atoms with E-state index in [-0.39, 0.29) is 29.8 Å². The topological polar surface area (TPSA) is 95.7 Å². The standard InChI is InChI=1S/C15H21N3O4/c1-17(2)14-6-5-11(18(21)22)9-12(14)15(20)16-13(7-8-19)10-3-4-10/h5-6,9-10,13,19H,3-4,7-8H2,1-2H3,(H,16,20). The minimum atomic E-state index is -0.512. The lowest BCUT2D eigenvalue weighted by Gasteiger charge is -2.20. The van der Waals surface area contributed by atoms with Crippen LogP contribution in [0.3, 0.4) is 0 Å². The average Bonchev–Trinajstić information content (AvgIpc) is 3.30. The lowest BCUT2D eigenvalue weighted by atomic mass is 10.1. The lowest BCUT2D eigenvalue weighted by Crippen LogP contribution is -2.37. The van der Waals surface area contributed by atoms with Crippen LogP contribution in [0.5, 0.6) is 0 Å². The Kier molecular flexibility index (Phi) is 4.97. The molecule has 1 aliphatic carbocycles. The number of nitro groups is 1. The largest absolute Gasteiger partial charge is 0.396 e. The third-order valence-electron chi connectivity index (χ3n) is 3.87. The third-order valence-corrected chi connectivity index (χ3v) is 3.87. The molecule has 7 heteroatoms. The van der Waals surface area contributed by atoms with Crippen molar-refractivity contribution in [2.24, 2.45) is 5.92 Å². The quantitative estimate of drug-likeness (QED) is 0.588. The Balaban J connectivity index is 2.25. The van der Waals surface area contributed by atoms with Crippen LogP contribution in [0.25, 0.3) is 0 Å². The monoisotopic (exact) mass is 307 g/mol. The number of benzene rings is 1. The molecule has 1 unspecified atom stereocenters. The van der Waals surface area contributed by atoms with Crippen LogP contribution in [-0.4, -0.2) is 42.7 Å². The van der Waals surface area contributed by atoms with Gasteiger partial charge in [0.25, 0.3) is 11.6 Å².